The fraction of sp³-hybridized carbons (Fsp3) is 0.250. The summed E-state index contributed by atoms with van der Waals surface area (Å²) in [4.78, 5) is 15.3. The van der Waals surface area contributed by atoms with Gasteiger partial charge in [-0.1, -0.05) is 0 Å². The Bertz CT molecular complexity index is 846. The highest BCUT2D eigenvalue weighted by Crippen LogP contribution is 2.29. The van der Waals surface area contributed by atoms with E-state index in [1.54, 1.807) is 18.2 Å². The van der Waals surface area contributed by atoms with Crippen molar-refractivity contribution in [2.75, 3.05) is 11.4 Å². The number of pyridine rings is 1. The second-order valence-corrected chi connectivity index (χ2v) is 6.50. The van der Waals surface area contributed by atoms with Crippen LogP contribution in [0.3, 0.4) is 0 Å². The zero-order valence-corrected chi connectivity index (χ0v) is 14.4. The number of halogens is 2. The van der Waals surface area contributed by atoms with Crippen LogP contribution in [0, 0.1) is 11.8 Å². The van der Waals surface area contributed by atoms with Gasteiger partial charge in [-0.25, -0.2) is 19.3 Å². The molecule has 132 valence electrons. The van der Waals surface area contributed by atoms with E-state index < -0.39 is 5.95 Å². The van der Waals surface area contributed by atoms with E-state index in [1.807, 2.05) is 6.07 Å². The molecule has 0 bridgehead atoms. The zero-order chi connectivity index (χ0) is 18.1. The predicted molar refractivity (Wildman–Crippen MR) is 96.7 cm³/mol. The van der Waals surface area contributed by atoms with Crippen molar-refractivity contribution in [2.45, 2.75) is 25.8 Å². The van der Waals surface area contributed by atoms with Crippen molar-refractivity contribution in [3.05, 3.63) is 60.4 Å². The summed E-state index contributed by atoms with van der Waals surface area (Å²) in [7, 11) is 0. The molecule has 0 saturated carbocycles. The SMILES string of the molecule is CC1CCCN1c1nc(-c2ccc(F)cc2)cc(-c2ccc(F)nc2)n1. The van der Waals surface area contributed by atoms with Gasteiger partial charge in [-0.05, 0) is 62.2 Å². The van der Waals surface area contributed by atoms with Gasteiger partial charge >= 0.3 is 0 Å². The van der Waals surface area contributed by atoms with E-state index in [2.05, 4.69) is 21.8 Å². The number of nitrogens with zero attached hydrogens (tertiary/aromatic N) is 4. The normalized spacial score (nSPS) is 16.9. The maximum atomic E-state index is 13.3. The number of hydrogen-bond donors (Lipinski definition) is 0. The summed E-state index contributed by atoms with van der Waals surface area (Å²) < 4.78 is 26.4. The van der Waals surface area contributed by atoms with Gasteiger partial charge in [0.15, 0.2) is 0 Å². The molecular weight excluding hydrogens is 334 g/mol. The molecule has 0 spiro atoms. The molecule has 4 rings (SSSR count). The van der Waals surface area contributed by atoms with Crippen molar-refractivity contribution in [1.29, 1.82) is 0 Å². The molecular formula is C20H18F2N4. The topological polar surface area (TPSA) is 41.9 Å². The third-order valence-corrected chi connectivity index (χ3v) is 4.69. The minimum Gasteiger partial charge on any atom is -0.338 e. The Morgan fingerprint density at radius 1 is 0.962 bits per heavy atom. The van der Waals surface area contributed by atoms with E-state index in [0.29, 0.717) is 28.9 Å². The van der Waals surface area contributed by atoms with Crippen molar-refractivity contribution < 1.29 is 8.78 Å². The Hall–Kier alpha value is -2.89. The molecule has 1 fully saturated rings. The maximum Gasteiger partial charge on any atom is 0.226 e. The van der Waals surface area contributed by atoms with Crippen LogP contribution in [0.25, 0.3) is 22.5 Å². The average molecular weight is 352 g/mol. The molecule has 1 aromatic carbocycles. The molecule has 1 saturated heterocycles. The first-order valence-electron chi connectivity index (χ1n) is 8.64. The third kappa shape index (κ3) is 3.27. The summed E-state index contributed by atoms with van der Waals surface area (Å²) in [6.07, 6.45) is 3.65. The Kier molecular flexibility index (Phi) is 4.32. The number of anilines is 1. The highest BCUT2D eigenvalue weighted by molar-refractivity contribution is 5.69. The smallest absolute Gasteiger partial charge is 0.226 e. The fourth-order valence-electron chi connectivity index (χ4n) is 3.24. The fourth-order valence-corrected chi connectivity index (χ4v) is 3.24. The maximum absolute atomic E-state index is 13.3. The number of hydrogen-bond acceptors (Lipinski definition) is 4. The number of benzene rings is 1. The van der Waals surface area contributed by atoms with Gasteiger partial charge < -0.3 is 4.90 Å². The molecule has 1 unspecified atom stereocenters. The summed E-state index contributed by atoms with van der Waals surface area (Å²) in [5.41, 5.74) is 2.89. The second-order valence-electron chi connectivity index (χ2n) is 6.50. The second kappa shape index (κ2) is 6.78. The Morgan fingerprint density at radius 2 is 1.65 bits per heavy atom. The largest absolute Gasteiger partial charge is 0.338 e. The highest BCUT2D eigenvalue weighted by Gasteiger charge is 2.24. The van der Waals surface area contributed by atoms with Crippen LogP contribution in [-0.2, 0) is 0 Å². The van der Waals surface area contributed by atoms with Crippen LogP contribution in [0.1, 0.15) is 19.8 Å². The molecule has 1 aliphatic heterocycles. The molecule has 0 radical (unpaired) electrons. The number of rotatable bonds is 3. The van der Waals surface area contributed by atoms with E-state index in [1.165, 1.54) is 24.4 Å². The van der Waals surface area contributed by atoms with Gasteiger partial charge in [0.1, 0.15) is 5.82 Å². The Morgan fingerprint density at radius 3 is 2.27 bits per heavy atom. The molecule has 0 amide bonds. The van der Waals surface area contributed by atoms with Crippen LogP contribution in [-0.4, -0.2) is 27.5 Å². The van der Waals surface area contributed by atoms with Gasteiger partial charge in [0.25, 0.3) is 0 Å². The predicted octanol–water partition coefficient (Wildman–Crippen LogP) is 4.47. The molecule has 3 heterocycles. The first-order valence-corrected chi connectivity index (χ1v) is 8.64. The minimum absolute atomic E-state index is 0.292. The molecule has 0 N–H and O–H groups in total. The molecule has 0 aliphatic carbocycles. The van der Waals surface area contributed by atoms with E-state index >= 15 is 0 Å². The van der Waals surface area contributed by atoms with Crippen LogP contribution in [0.4, 0.5) is 14.7 Å². The quantitative estimate of drug-likeness (QED) is 0.652. The van der Waals surface area contributed by atoms with E-state index in [9.17, 15) is 8.78 Å². The standard InChI is InChI=1S/C20H18F2N4/c1-13-3-2-10-26(13)20-24-17(14-4-7-16(21)8-5-14)11-18(25-20)15-6-9-19(22)23-12-15/h4-9,11-13H,2-3,10H2,1H3. The summed E-state index contributed by atoms with van der Waals surface area (Å²) >= 11 is 0. The van der Waals surface area contributed by atoms with Gasteiger partial charge in [-0.2, -0.15) is 4.39 Å². The van der Waals surface area contributed by atoms with Crippen LogP contribution in [0.15, 0.2) is 48.7 Å². The first-order chi connectivity index (χ1) is 12.6. The van der Waals surface area contributed by atoms with Gasteiger partial charge in [-0.3, -0.25) is 0 Å². The van der Waals surface area contributed by atoms with E-state index in [-0.39, 0.29) is 5.82 Å². The van der Waals surface area contributed by atoms with Gasteiger partial charge in [0, 0.05) is 29.9 Å². The summed E-state index contributed by atoms with van der Waals surface area (Å²) in [5, 5.41) is 0. The molecule has 1 aliphatic rings. The summed E-state index contributed by atoms with van der Waals surface area (Å²) in [5.74, 6) is -0.190. The van der Waals surface area contributed by atoms with Crippen LogP contribution >= 0.6 is 0 Å². The summed E-state index contributed by atoms with van der Waals surface area (Å²) in [6.45, 7) is 3.05. The van der Waals surface area contributed by atoms with Crippen molar-refractivity contribution >= 4 is 5.95 Å². The first kappa shape index (κ1) is 16.6. The van der Waals surface area contributed by atoms with Gasteiger partial charge in [0.05, 0.1) is 11.4 Å². The van der Waals surface area contributed by atoms with Crippen LogP contribution < -0.4 is 4.90 Å². The molecule has 2 aromatic heterocycles. The third-order valence-electron chi connectivity index (χ3n) is 4.69. The molecule has 3 aromatic rings. The van der Waals surface area contributed by atoms with Crippen molar-refractivity contribution in [3.63, 3.8) is 0 Å². The lowest BCUT2D eigenvalue weighted by molar-refractivity contribution is 0.584. The molecule has 6 heteroatoms. The minimum atomic E-state index is -0.532. The molecule has 26 heavy (non-hydrogen) atoms. The lowest BCUT2D eigenvalue weighted by atomic mass is 10.1. The lowest BCUT2D eigenvalue weighted by Gasteiger charge is -2.22. The lowest BCUT2D eigenvalue weighted by Crippen LogP contribution is -2.28. The highest BCUT2D eigenvalue weighted by atomic mass is 19.1. The average Bonchev–Trinajstić information content (AvgIpc) is 3.08. The van der Waals surface area contributed by atoms with Crippen LogP contribution in [0.2, 0.25) is 0 Å². The Balaban J connectivity index is 1.83. The van der Waals surface area contributed by atoms with E-state index in [4.69, 9.17) is 4.98 Å². The van der Waals surface area contributed by atoms with Crippen LogP contribution in [0.5, 0.6) is 0 Å². The van der Waals surface area contributed by atoms with Crippen molar-refractivity contribution in [1.82, 2.24) is 15.0 Å². The zero-order valence-electron chi connectivity index (χ0n) is 14.4. The van der Waals surface area contributed by atoms with Crippen molar-refractivity contribution in [2.24, 2.45) is 0 Å². The number of aromatic nitrogens is 3. The van der Waals surface area contributed by atoms with Gasteiger partial charge in [-0.15, -0.1) is 0 Å². The van der Waals surface area contributed by atoms with Gasteiger partial charge in [0.2, 0.25) is 11.9 Å². The monoisotopic (exact) mass is 352 g/mol. The van der Waals surface area contributed by atoms with Crippen molar-refractivity contribution in [3.8, 4) is 22.5 Å². The molecule has 4 nitrogen and oxygen atoms in total. The Labute approximate surface area is 150 Å². The van der Waals surface area contributed by atoms with E-state index in [0.717, 1.165) is 24.9 Å². The summed E-state index contributed by atoms with van der Waals surface area (Å²) in [6, 6.07) is 11.4. The molecule has 1 atom stereocenters.